The van der Waals surface area contributed by atoms with E-state index in [4.69, 9.17) is 14.5 Å². The number of unbranched alkanes of at least 4 members (excludes halogenated alkanes) is 1. The van der Waals surface area contributed by atoms with Gasteiger partial charge in [-0.25, -0.2) is 14.8 Å². The molecule has 0 saturated heterocycles. The molecule has 0 atom stereocenters. The van der Waals surface area contributed by atoms with Crippen LogP contribution in [0.2, 0.25) is 0 Å². The number of fused-ring (bicyclic) bond motifs is 1. The van der Waals surface area contributed by atoms with Gasteiger partial charge in [0, 0.05) is 31.6 Å². The maximum Gasteiger partial charge on any atom is 0.329 e. The lowest BCUT2D eigenvalue weighted by Crippen LogP contribution is -2.25. The van der Waals surface area contributed by atoms with E-state index in [1.165, 1.54) is 6.26 Å². The summed E-state index contributed by atoms with van der Waals surface area (Å²) in [4.78, 5) is 26.3. The Bertz CT molecular complexity index is 1180. The van der Waals surface area contributed by atoms with Crippen molar-refractivity contribution in [1.82, 2.24) is 28.7 Å². The molecule has 0 aliphatic heterocycles. The lowest BCUT2D eigenvalue weighted by molar-refractivity contribution is 0.281. The summed E-state index contributed by atoms with van der Waals surface area (Å²) < 4.78 is 11.0. The summed E-state index contributed by atoms with van der Waals surface area (Å²) >= 11 is 0. The Balaban J connectivity index is 1.56. The monoisotopic (exact) mass is 394 g/mol. The smallest absolute Gasteiger partial charge is 0.329 e. The van der Waals surface area contributed by atoms with Crippen molar-refractivity contribution < 1.29 is 9.52 Å². The molecule has 0 spiro atoms. The second-order valence-corrected chi connectivity index (χ2v) is 7.34. The Morgan fingerprint density at radius 3 is 2.86 bits per heavy atom. The molecule has 5 rings (SSSR count). The Morgan fingerprint density at radius 1 is 1.21 bits per heavy atom. The Labute approximate surface area is 166 Å². The van der Waals surface area contributed by atoms with Crippen LogP contribution in [0.3, 0.4) is 0 Å². The molecule has 0 unspecified atom stereocenters. The van der Waals surface area contributed by atoms with Gasteiger partial charge in [-0.15, -0.1) is 0 Å². The summed E-state index contributed by atoms with van der Waals surface area (Å²) in [5, 5.41) is 9.11. The van der Waals surface area contributed by atoms with Gasteiger partial charge in [-0.1, -0.05) is 0 Å². The van der Waals surface area contributed by atoms with Gasteiger partial charge in [0.1, 0.15) is 17.8 Å². The number of aromatic nitrogens is 6. The van der Waals surface area contributed by atoms with E-state index >= 15 is 0 Å². The zero-order chi connectivity index (χ0) is 19.8. The maximum absolute atomic E-state index is 13.2. The highest BCUT2D eigenvalue weighted by atomic mass is 16.3. The second kappa shape index (κ2) is 7.32. The fraction of sp³-hybridized carbons (Fsp3) is 0.400. The first-order chi connectivity index (χ1) is 14.3. The lowest BCUT2D eigenvalue weighted by Gasteiger charge is -2.08. The number of aliphatic hydroxyl groups is 1. The van der Waals surface area contributed by atoms with Crippen molar-refractivity contribution in [2.75, 3.05) is 6.61 Å². The van der Waals surface area contributed by atoms with Crippen LogP contribution >= 0.6 is 0 Å². The highest BCUT2D eigenvalue weighted by Crippen LogP contribution is 2.36. The molecule has 4 heterocycles. The second-order valence-electron chi connectivity index (χ2n) is 7.34. The van der Waals surface area contributed by atoms with E-state index in [2.05, 4.69) is 9.97 Å². The largest absolute Gasteiger partial charge is 0.443 e. The molecule has 1 fully saturated rings. The molecule has 0 amide bonds. The third kappa shape index (κ3) is 3.27. The molecule has 29 heavy (non-hydrogen) atoms. The Hall–Kier alpha value is -3.20. The molecule has 1 saturated carbocycles. The first kappa shape index (κ1) is 17.9. The van der Waals surface area contributed by atoms with Crippen LogP contribution in [0.15, 0.2) is 46.3 Å². The number of rotatable bonds is 8. The van der Waals surface area contributed by atoms with E-state index in [-0.39, 0.29) is 18.3 Å². The topological polar surface area (TPSA) is 104 Å². The fourth-order valence-electron chi connectivity index (χ4n) is 3.73. The van der Waals surface area contributed by atoms with Crippen LogP contribution in [0.5, 0.6) is 0 Å². The summed E-state index contributed by atoms with van der Waals surface area (Å²) in [7, 11) is 0. The highest BCUT2D eigenvalue weighted by Gasteiger charge is 2.29. The first-order valence-electron chi connectivity index (χ1n) is 9.88. The standard InChI is InChI=1S/C20H22N6O3/c27-9-2-1-8-24-12-15(19-22-7-10-29-19)23-18(24)13-25-17-11-21-6-5-16(17)26(20(25)28)14-3-4-14/h5-7,10-12,14,27H,1-4,8-9,13H2. The maximum atomic E-state index is 13.2. The molecule has 0 bridgehead atoms. The molecule has 150 valence electrons. The number of pyridine rings is 1. The summed E-state index contributed by atoms with van der Waals surface area (Å²) in [5.74, 6) is 1.19. The molecular formula is C20H22N6O3. The summed E-state index contributed by atoms with van der Waals surface area (Å²) in [6.45, 7) is 1.18. The molecule has 1 N–H and O–H groups in total. The third-order valence-corrected chi connectivity index (χ3v) is 5.29. The minimum atomic E-state index is -0.0296. The number of aryl methyl sites for hydroxylation is 1. The zero-order valence-corrected chi connectivity index (χ0v) is 15.9. The van der Waals surface area contributed by atoms with Gasteiger partial charge >= 0.3 is 5.69 Å². The van der Waals surface area contributed by atoms with Gasteiger partial charge in [-0.05, 0) is 31.7 Å². The number of oxazole rings is 1. The van der Waals surface area contributed by atoms with E-state index < -0.39 is 0 Å². The van der Waals surface area contributed by atoms with Gasteiger partial charge in [0.25, 0.3) is 0 Å². The molecular weight excluding hydrogens is 372 g/mol. The van der Waals surface area contributed by atoms with Gasteiger partial charge in [0.2, 0.25) is 5.89 Å². The molecule has 9 heteroatoms. The average molecular weight is 394 g/mol. The molecule has 4 aromatic heterocycles. The summed E-state index contributed by atoms with van der Waals surface area (Å²) in [5.41, 5.74) is 2.33. The number of hydrogen-bond donors (Lipinski definition) is 1. The lowest BCUT2D eigenvalue weighted by atomic mass is 10.3. The van der Waals surface area contributed by atoms with Crippen molar-refractivity contribution in [1.29, 1.82) is 0 Å². The normalized spacial score (nSPS) is 14.1. The molecule has 9 nitrogen and oxygen atoms in total. The van der Waals surface area contributed by atoms with Gasteiger partial charge in [0.05, 0.1) is 30.0 Å². The molecule has 1 aliphatic carbocycles. The van der Waals surface area contributed by atoms with Crippen LogP contribution in [-0.4, -0.2) is 40.4 Å². The van der Waals surface area contributed by atoms with Crippen LogP contribution in [-0.2, 0) is 13.1 Å². The Morgan fingerprint density at radius 2 is 2.10 bits per heavy atom. The average Bonchev–Trinajstić information content (AvgIpc) is 3.15. The van der Waals surface area contributed by atoms with E-state index in [1.807, 2.05) is 21.4 Å². The van der Waals surface area contributed by atoms with E-state index in [0.717, 1.165) is 36.1 Å². The summed E-state index contributed by atoms with van der Waals surface area (Å²) in [6.07, 6.45) is 12.0. The van der Waals surface area contributed by atoms with Crippen LogP contribution in [0.25, 0.3) is 22.6 Å². The van der Waals surface area contributed by atoms with Gasteiger partial charge in [0.15, 0.2) is 0 Å². The van der Waals surface area contributed by atoms with E-state index in [0.29, 0.717) is 31.1 Å². The van der Waals surface area contributed by atoms with Crippen molar-refractivity contribution >= 4 is 11.0 Å². The van der Waals surface area contributed by atoms with Crippen molar-refractivity contribution in [2.45, 2.75) is 44.8 Å². The molecule has 4 aromatic rings. The Kier molecular flexibility index (Phi) is 4.51. The van der Waals surface area contributed by atoms with Crippen LogP contribution in [0, 0.1) is 0 Å². The van der Waals surface area contributed by atoms with E-state index in [1.54, 1.807) is 23.2 Å². The molecule has 0 radical (unpaired) electrons. The van der Waals surface area contributed by atoms with Gasteiger partial charge in [-0.3, -0.25) is 14.1 Å². The van der Waals surface area contributed by atoms with Gasteiger partial charge < -0.3 is 14.1 Å². The highest BCUT2D eigenvalue weighted by molar-refractivity contribution is 5.75. The minimum absolute atomic E-state index is 0.0296. The predicted molar refractivity (Wildman–Crippen MR) is 105 cm³/mol. The number of imidazole rings is 2. The van der Waals surface area contributed by atoms with Crippen LogP contribution in [0.1, 0.15) is 37.5 Å². The van der Waals surface area contributed by atoms with Gasteiger partial charge in [-0.2, -0.15) is 0 Å². The van der Waals surface area contributed by atoms with Crippen LogP contribution in [0.4, 0.5) is 0 Å². The fourth-order valence-corrected chi connectivity index (χ4v) is 3.73. The minimum Gasteiger partial charge on any atom is -0.443 e. The SMILES string of the molecule is O=c1n(Cc2nc(-c3ncco3)cn2CCCCO)c2cnccc2n1C1CC1. The first-order valence-corrected chi connectivity index (χ1v) is 9.88. The van der Waals surface area contributed by atoms with E-state index in [9.17, 15) is 4.79 Å². The molecule has 1 aliphatic rings. The quantitative estimate of drug-likeness (QED) is 0.460. The van der Waals surface area contributed by atoms with Crippen molar-refractivity contribution in [3.63, 3.8) is 0 Å². The van der Waals surface area contributed by atoms with Crippen molar-refractivity contribution in [3.05, 3.63) is 53.4 Å². The zero-order valence-electron chi connectivity index (χ0n) is 15.9. The number of aliphatic hydroxyl groups excluding tert-OH is 1. The number of nitrogens with zero attached hydrogens (tertiary/aromatic N) is 6. The van der Waals surface area contributed by atoms with Crippen molar-refractivity contribution in [2.24, 2.45) is 0 Å². The number of hydrogen-bond acceptors (Lipinski definition) is 6. The molecule has 0 aromatic carbocycles. The van der Waals surface area contributed by atoms with Crippen LogP contribution < -0.4 is 5.69 Å². The van der Waals surface area contributed by atoms with Crippen molar-refractivity contribution in [3.8, 4) is 11.6 Å². The summed E-state index contributed by atoms with van der Waals surface area (Å²) in [6, 6.07) is 2.18. The third-order valence-electron chi connectivity index (χ3n) is 5.29. The predicted octanol–water partition coefficient (Wildman–Crippen LogP) is 2.21.